The third kappa shape index (κ3) is 5.53. The van der Waals surface area contributed by atoms with Crippen LogP contribution in [0.4, 0.5) is 0 Å². The quantitative estimate of drug-likeness (QED) is 0.582. The molecular weight excluding hydrogens is 402 g/mol. The second-order valence-electron chi connectivity index (χ2n) is 8.62. The summed E-state index contributed by atoms with van der Waals surface area (Å²) in [5.74, 6) is 2.30. The fourth-order valence-corrected chi connectivity index (χ4v) is 4.07. The van der Waals surface area contributed by atoms with Crippen molar-refractivity contribution in [2.45, 2.75) is 39.3 Å². The van der Waals surface area contributed by atoms with Crippen LogP contribution in [0.1, 0.15) is 54.1 Å². The third-order valence-electron chi connectivity index (χ3n) is 5.69. The Hall–Kier alpha value is -3.19. The van der Waals surface area contributed by atoms with Crippen molar-refractivity contribution in [2.24, 2.45) is 5.92 Å². The summed E-state index contributed by atoms with van der Waals surface area (Å²) in [7, 11) is 0. The summed E-state index contributed by atoms with van der Waals surface area (Å²) in [6.07, 6.45) is 7.52. The number of furan rings is 1. The van der Waals surface area contributed by atoms with Crippen LogP contribution in [-0.2, 0) is 13.0 Å². The van der Waals surface area contributed by atoms with Gasteiger partial charge >= 0.3 is 0 Å². The molecule has 1 amide bonds. The SMILES string of the molecule is CC(C)CC(NC(=O)c1ccco1)c1nnc2n1CCN(C/C=C/c1ccccc1)CC2. The molecule has 7 nitrogen and oxygen atoms in total. The second-order valence-corrected chi connectivity index (χ2v) is 8.62. The summed E-state index contributed by atoms with van der Waals surface area (Å²) >= 11 is 0. The molecule has 168 valence electrons. The van der Waals surface area contributed by atoms with E-state index in [9.17, 15) is 4.79 Å². The van der Waals surface area contributed by atoms with E-state index in [-0.39, 0.29) is 11.9 Å². The fourth-order valence-electron chi connectivity index (χ4n) is 4.07. The highest BCUT2D eigenvalue weighted by Crippen LogP contribution is 2.23. The maximum absolute atomic E-state index is 12.6. The van der Waals surface area contributed by atoms with Gasteiger partial charge in [0.2, 0.25) is 0 Å². The van der Waals surface area contributed by atoms with Crippen LogP contribution in [-0.4, -0.2) is 45.2 Å². The zero-order valence-corrected chi connectivity index (χ0v) is 18.8. The number of carbonyl (C=O) groups excluding carboxylic acids is 1. The van der Waals surface area contributed by atoms with Gasteiger partial charge in [0.15, 0.2) is 11.6 Å². The van der Waals surface area contributed by atoms with Crippen LogP contribution in [0.3, 0.4) is 0 Å². The first-order valence-electron chi connectivity index (χ1n) is 11.3. The molecule has 0 saturated carbocycles. The number of carbonyl (C=O) groups is 1. The van der Waals surface area contributed by atoms with Gasteiger partial charge in [-0.25, -0.2) is 0 Å². The molecule has 1 unspecified atom stereocenters. The summed E-state index contributed by atoms with van der Waals surface area (Å²) in [6, 6.07) is 13.5. The van der Waals surface area contributed by atoms with Gasteiger partial charge in [0.1, 0.15) is 5.82 Å². The highest BCUT2D eigenvalue weighted by atomic mass is 16.3. The molecule has 0 aliphatic carbocycles. The number of rotatable bonds is 8. The van der Waals surface area contributed by atoms with Crippen LogP contribution in [0.5, 0.6) is 0 Å². The Morgan fingerprint density at radius 3 is 2.72 bits per heavy atom. The van der Waals surface area contributed by atoms with Gasteiger partial charge < -0.3 is 14.3 Å². The molecule has 1 aliphatic rings. The Morgan fingerprint density at radius 2 is 1.97 bits per heavy atom. The molecule has 1 N–H and O–H groups in total. The maximum atomic E-state index is 12.6. The largest absolute Gasteiger partial charge is 0.459 e. The standard InChI is InChI=1S/C25H31N5O2/c1-19(2)18-21(26-25(31)22-11-7-17-32-22)24-28-27-23-12-14-29(15-16-30(23)24)13-6-10-20-8-4-3-5-9-20/h3-11,17,19,21H,12-16,18H2,1-2H3,(H,26,31)/b10-6+. The number of fused-ring (bicyclic) bond motifs is 1. The van der Waals surface area contributed by atoms with Gasteiger partial charge in [0.05, 0.1) is 12.3 Å². The van der Waals surface area contributed by atoms with Crippen molar-refractivity contribution in [1.29, 1.82) is 0 Å². The molecule has 3 aromatic rings. The van der Waals surface area contributed by atoms with Gasteiger partial charge in [-0.3, -0.25) is 9.69 Å². The van der Waals surface area contributed by atoms with Gasteiger partial charge in [-0.2, -0.15) is 0 Å². The zero-order chi connectivity index (χ0) is 22.3. The molecule has 1 atom stereocenters. The van der Waals surface area contributed by atoms with Crippen molar-refractivity contribution in [3.8, 4) is 0 Å². The van der Waals surface area contributed by atoms with Crippen molar-refractivity contribution >= 4 is 12.0 Å². The van der Waals surface area contributed by atoms with E-state index in [0.717, 1.165) is 50.7 Å². The molecule has 0 bridgehead atoms. The normalized spacial score (nSPS) is 15.6. The summed E-state index contributed by atoms with van der Waals surface area (Å²) in [5, 5.41) is 12.1. The number of hydrogen-bond acceptors (Lipinski definition) is 5. The number of aromatic nitrogens is 3. The lowest BCUT2D eigenvalue weighted by molar-refractivity contribution is 0.0900. The van der Waals surface area contributed by atoms with E-state index < -0.39 is 0 Å². The first kappa shape index (κ1) is 22.0. The number of amides is 1. The Kier molecular flexibility index (Phi) is 7.17. The molecule has 0 spiro atoms. The fraction of sp³-hybridized carbons (Fsp3) is 0.400. The van der Waals surface area contributed by atoms with E-state index in [1.807, 2.05) is 6.07 Å². The number of benzene rings is 1. The maximum Gasteiger partial charge on any atom is 0.287 e. The lowest BCUT2D eigenvalue weighted by Gasteiger charge is -2.21. The molecule has 0 saturated heterocycles. The summed E-state index contributed by atoms with van der Waals surface area (Å²) in [4.78, 5) is 15.1. The average molecular weight is 434 g/mol. The van der Waals surface area contributed by atoms with Gasteiger partial charge in [-0.15, -0.1) is 10.2 Å². The predicted octanol–water partition coefficient (Wildman–Crippen LogP) is 3.96. The van der Waals surface area contributed by atoms with Crippen LogP contribution in [0.2, 0.25) is 0 Å². The van der Waals surface area contributed by atoms with Crippen molar-refractivity contribution in [2.75, 3.05) is 19.6 Å². The van der Waals surface area contributed by atoms with Crippen molar-refractivity contribution in [1.82, 2.24) is 25.0 Å². The molecule has 1 aromatic carbocycles. The lowest BCUT2D eigenvalue weighted by Crippen LogP contribution is -2.32. The van der Waals surface area contributed by atoms with Crippen molar-refractivity contribution in [3.63, 3.8) is 0 Å². The van der Waals surface area contributed by atoms with E-state index in [2.05, 4.69) is 75.2 Å². The third-order valence-corrected chi connectivity index (χ3v) is 5.69. The topological polar surface area (TPSA) is 76.2 Å². The minimum atomic E-state index is -0.223. The van der Waals surface area contributed by atoms with Crippen molar-refractivity contribution < 1.29 is 9.21 Å². The number of nitrogens with zero attached hydrogens (tertiary/aromatic N) is 4. The monoisotopic (exact) mass is 433 g/mol. The first-order valence-corrected chi connectivity index (χ1v) is 11.3. The first-order chi connectivity index (χ1) is 15.6. The van der Waals surface area contributed by atoms with Crippen LogP contribution in [0, 0.1) is 5.92 Å². The molecule has 32 heavy (non-hydrogen) atoms. The Bertz CT molecular complexity index is 1020. The number of hydrogen-bond donors (Lipinski definition) is 1. The summed E-state index contributed by atoms with van der Waals surface area (Å²) < 4.78 is 7.46. The Morgan fingerprint density at radius 1 is 1.12 bits per heavy atom. The molecule has 3 heterocycles. The van der Waals surface area contributed by atoms with Crippen molar-refractivity contribution in [3.05, 3.63) is 77.8 Å². The predicted molar refractivity (Wildman–Crippen MR) is 124 cm³/mol. The van der Waals surface area contributed by atoms with Crippen LogP contribution in [0.25, 0.3) is 6.08 Å². The molecular formula is C25H31N5O2. The van der Waals surface area contributed by atoms with Gasteiger partial charge in [0, 0.05) is 32.6 Å². The van der Waals surface area contributed by atoms with E-state index in [1.165, 1.54) is 11.8 Å². The van der Waals surface area contributed by atoms with Gasteiger partial charge in [-0.1, -0.05) is 56.3 Å². The van der Waals surface area contributed by atoms with Crippen LogP contribution >= 0.6 is 0 Å². The highest BCUT2D eigenvalue weighted by molar-refractivity contribution is 5.91. The Labute approximate surface area is 189 Å². The Balaban J connectivity index is 1.43. The van der Waals surface area contributed by atoms with Crippen LogP contribution in [0.15, 0.2) is 59.2 Å². The lowest BCUT2D eigenvalue weighted by atomic mass is 10.0. The minimum absolute atomic E-state index is 0.210. The average Bonchev–Trinajstić information content (AvgIpc) is 3.42. The second kappa shape index (κ2) is 10.4. The number of nitrogens with one attached hydrogen (secondary N) is 1. The minimum Gasteiger partial charge on any atom is -0.459 e. The van der Waals surface area contributed by atoms with E-state index in [4.69, 9.17) is 4.42 Å². The molecule has 4 rings (SSSR count). The molecule has 0 radical (unpaired) electrons. The summed E-state index contributed by atoms with van der Waals surface area (Å²) in [6.45, 7) is 7.84. The molecule has 0 fully saturated rings. The molecule has 2 aromatic heterocycles. The molecule has 7 heteroatoms. The van der Waals surface area contributed by atoms with Gasteiger partial charge in [0.25, 0.3) is 5.91 Å². The van der Waals surface area contributed by atoms with E-state index >= 15 is 0 Å². The summed E-state index contributed by atoms with van der Waals surface area (Å²) in [5.41, 5.74) is 1.21. The van der Waals surface area contributed by atoms with Gasteiger partial charge in [-0.05, 0) is 30.0 Å². The van der Waals surface area contributed by atoms with Crippen LogP contribution < -0.4 is 5.32 Å². The smallest absolute Gasteiger partial charge is 0.287 e. The zero-order valence-electron chi connectivity index (χ0n) is 18.8. The van der Waals surface area contributed by atoms with E-state index in [1.54, 1.807) is 12.1 Å². The highest BCUT2D eigenvalue weighted by Gasteiger charge is 2.26. The van der Waals surface area contributed by atoms with E-state index in [0.29, 0.717) is 11.7 Å². The molecule has 1 aliphatic heterocycles.